The molecule has 0 saturated heterocycles. The Morgan fingerprint density at radius 3 is 2.78 bits per heavy atom. The second kappa shape index (κ2) is 5.42. The summed E-state index contributed by atoms with van der Waals surface area (Å²) in [6.07, 6.45) is 0. The maximum Gasteiger partial charge on any atom is 0.138 e. The summed E-state index contributed by atoms with van der Waals surface area (Å²) in [6, 6.07) is 5.73. The third kappa shape index (κ3) is 2.49. The summed E-state index contributed by atoms with van der Waals surface area (Å²) < 4.78 is 5.45. The number of benzene rings is 1. The van der Waals surface area contributed by atoms with Gasteiger partial charge in [0, 0.05) is 17.8 Å². The number of H-pyrrole nitrogens is 1. The molecule has 3 N–H and O–H groups in total. The fourth-order valence-electron chi connectivity index (χ4n) is 1.80. The minimum Gasteiger partial charge on any atom is -0.492 e. The molecule has 0 unspecified atom stereocenters. The van der Waals surface area contributed by atoms with E-state index in [1.165, 1.54) is 0 Å². The minimum atomic E-state index is 0.441. The first kappa shape index (κ1) is 12.9. The van der Waals surface area contributed by atoms with Crippen molar-refractivity contribution in [2.45, 2.75) is 20.4 Å². The summed E-state index contributed by atoms with van der Waals surface area (Å²) in [7, 11) is 0. The quantitative estimate of drug-likeness (QED) is 0.893. The molecule has 4 nitrogen and oxygen atoms in total. The van der Waals surface area contributed by atoms with Crippen molar-refractivity contribution < 1.29 is 4.74 Å². The van der Waals surface area contributed by atoms with Crippen LogP contribution < -0.4 is 10.5 Å². The van der Waals surface area contributed by atoms with Crippen molar-refractivity contribution in [3.63, 3.8) is 0 Å². The fraction of sp³-hybridized carbons (Fsp3) is 0.308. The molecule has 0 spiro atoms. The molecule has 0 aliphatic carbocycles. The number of hydrogen-bond acceptors (Lipinski definition) is 3. The van der Waals surface area contributed by atoms with Gasteiger partial charge < -0.3 is 10.5 Å². The maximum atomic E-state index is 6.18. The van der Waals surface area contributed by atoms with Crippen molar-refractivity contribution in [2.24, 2.45) is 5.73 Å². The van der Waals surface area contributed by atoms with Crippen LogP contribution in [0.4, 0.5) is 0 Å². The molecule has 0 radical (unpaired) electrons. The Morgan fingerprint density at radius 1 is 1.39 bits per heavy atom. The van der Waals surface area contributed by atoms with Crippen LogP contribution in [0.3, 0.4) is 0 Å². The van der Waals surface area contributed by atoms with E-state index in [0.29, 0.717) is 23.9 Å². The van der Waals surface area contributed by atoms with Gasteiger partial charge in [0.15, 0.2) is 0 Å². The Kier molecular flexibility index (Phi) is 3.89. The molecule has 0 bridgehead atoms. The van der Waals surface area contributed by atoms with Crippen LogP contribution >= 0.6 is 11.6 Å². The highest BCUT2D eigenvalue weighted by Gasteiger charge is 2.11. The Morgan fingerprint density at radius 2 is 2.17 bits per heavy atom. The van der Waals surface area contributed by atoms with E-state index in [9.17, 15) is 0 Å². The molecule has 0 aliphatic heterocycles. The van der Waals surface area contributed by atoms with E-state index in [2.05, 4.69) is 10.2 Å². The molecule has 5 heteroatoms. The fourth-order valence-corrected chi connectivity index (χ4v) is 2.02. The Hall–Kier alpha value is -1.52. The van der Waals surface area contributed by atoms with Crippen molar-refractivity contribution in [1.82, 2.24) is 10.2 Å². The van der Waals surface area contributed by atoms with Crippen molar-refractivity contribution in [2.75, 3.05) is 6.61 Å². The summed E-state index contributed by atoms with van der Waals surface area (Å²) >= 11 is 6.18. The van der Waals surface area contributed by atoms with Gasteiger partial charge in [-0.05, 0) is 37.6 Å². The van der Waals surface area contributed by atoms with Gasteiger partial charge >= 0.3 is 0 Å². The monoisotopic (exact) mass is 265 g/mol. The summed E-state index contributed by atoms with van der Waals surface area (Å²) in [5, 5.41) is 7.71. The Bertz CT molecular complexity index is 551. The lowest BCUT2D eigenvalue weighted by Gasteiger charge is -2.09. The van der Waals surface area contributed by atoms with Crippen LogP contribution in [0.15, 0.2) is 18.2 Å². The molecule has 1 heterocycles. The van der Waals surface area contributed by atoms with Crippen molar-refractivity contribution >= 4 is 11.6 Å². The number of rotatable bonds is 4. The van der Waals surface area contributed by atoms with Gasteiger partial charge in [-0.25, -0.2) is 0 Å². The van der Waals surface area contributed by atoms with E-state index >= 15 is 0 Å². The number of nitrogens with zero attached hydrogens (tertiary/aromatic N) is 1. The molecular formula is C13H16ClN3O. The lowest BCUT2D eigenvalue weighted by molar-refractivity contribution is 0.340. The Labute approximate surface area is 111 Å². The van der Waals surface area contributed by atoms with Gasteiger partial charge in [0.2, 0.25) is 0 Å². The van der Waals surface area contributed by atoms with Gasteiger partial charge in [0.25, 0.3) is 0 Å². The molecular weight excluding hydrogens is 250 g/mol. The lowest BCUT2D eigenvalue weighted by Crippen LogP contribution is -1.95. The largest absolute Gasteiger partial charge is 0.492 e. The van der Waals surface area contributed by atoms with Crippen LogP contribution in [-0.2, 0) is 6.54 Å². The molecule has 0 amide bonds. The summed E-state index contributed by atoms with van der Waals surface area (Å²) in [6.45, 7) is 4.97. The minimum absolute atomic E-state index is 0.441. The Balaban J connectivity index is 2.42. The van der Waals surface area contributed by atoms with E-state index in [0.717, 1.165) is 22.5 Å². The molecule has 2 rings (SSSR count). The summed E-state index contributed by atoms with van der Waals surface area (Å²) in [5.41, 5.74) is 9.35. The molecule has 0 aliphatic rings. The highest BCUT2D eigenvalue weighted by molar-refractivity contribution is 6.32. The van der Waals surface area contributed by atoms with Gasteiger partial charge in [-0.3, -0.25) is 5.10 Å². The van der Waals surface area contributed by atoms with Crippen LogP contribution in [0.25, 0.3) is 11.3 Å². The van der Waals surface area contributed by atoms with Crippen molar-refractivity contribution in [3.8, 4) is 17.0 Å². The summed E-state index contributed by atoms with van der Waals surface area (Å²) in [5.74, 6) is 0.704. The highest BCUT2D eigenvalue weighted by atomic mass is 35.5. The van der Waals surface area contributed by atoms with E-state index in [1.54, 1.807) is 0 Å². The zero-order valence-electron chi connectivity index (χ0n) is 10.5. The number of halogens is 1. The molecule has 2 aromatic rings. The number of aryl methyl sites for hydroxylation is 1. The molecule has 1 aromatic carbocycles. The van der Waals surface area contributed by atoms with Gasteiger partial charge in [0.1, 0.15) is 5.75 Å². The van der Waals surface area contributed by atoms with E-state index in [1.807, 2.05) is 32.0 Å². The molecule has 1 aromatic heterocycles. The van der Waals surface area contributed by atoms with Gasteiger partial charge in [-0.15, -0.1) is 0 Å². The van der Waals surface area contributed by atoms with Gasteiger partial charge in [0.05, 0.1) is 17.3 Å². The third-order valence-corrected chi connectivity index (χ3v) is 3.00. The van der Waals surface area contributed by atoms with Crippen LogP contribution in [0, 0.1) is 6.92 Å². The van der Waals surface area contributed by atoms with Crippen LogP contribution in [0.5, 0.6) is 5.75 Å². The van der Waals surface area contributed by atoms with Crippen molar-refractivity contribution in [1.29, 1.82) is 0 Å². The highest BCUT2D eigenvalue weighted by Crippen LogP contribution is 2.33. The summed E-state index contributed by atoms with van der Waals surface area (Å²) in [4.78, 5) is 0. The lowest BCUT2D eigenvalue weighted by atomic mass is 10.1. The molecule has 0 atom stereocenters. The van der Waals surface area contributed by atoms with Gasteiger partial charge in [-0.2, -0.15) is 5.10 Å². The molecule has 96 valence electrons. The number of ether oxygens (including phenoxy) is 1. The number of aromatic nitrogens is 2. The number of nitrogens with two attached hydrogens (primary N) is 1. The average molecular weight is 266 g/mol. The number of hydrogen-bond donors (Lipinski definition) is 2. The molecule has 0 fully saturated rings. The van der Waals surface area contributed by atoms with Crippen LogP contribution in [-0.4, -0.2) is 16.8 Å². The van der Waals surface area contributed by atoms with Crippen LogP contribution in [0.1, 0.15) is 18.2 Å². The predicted molar refractivity (Wildman–Crippen MR) is 72.8 cm³/mol. The van der Waals surface area contributed by atoms with E-state index in [-0.39, 0.29) is 0 Å². The second-order valence-electron chi connectivity index (χ2n) is 4.01. The molecule has 0 saturated carbocycles. The number of aromatic amines is 1. The standard InChI is InChI=1S/C13H16ClN3O/c1-3-18-13-4-8(2)10(6-11(13)14)12-5-9(7-15)16-17-12/h4-6H,3,7,15H2,1-2H3,(H,16,17). The SMILES string of the molecule is CCOc1cc(C)c(-c2cc(CN)[nH]n2)cc1Cl. The maximum absolute atomic E-state index is 6.18. The predicted octanol–water partition coefficient (Wildman–Crippen LogP) is 2.90. The first-order chi connectivity index (χ1) is 8.65. The number of nitrogens with one attached hydrogen (secondary N) is 1. The van der Waals surface area contributed by atoms with Crippen LogP contribution in [0.2, 0.25) is 5.02 Å². The normalized spacial score (nSPS) is 10.7. The third-order valence-electron chi connectivity index (χ3n) is 2.71. The van der Waals surface area contributed by atoms with Gasteiger partial charge in [-0.1, -0.05) is 11.6 Å². The zero-order valence-corrected chi connectivity index (χ0v) is 11.2. The van der Waals surface area contributed by atoms with Crippen molar-refractivity contribution in [3.05, 3.63) is 34.5 Å². The molecule has 18 heavy (non-hydrogen) atoms. The van der Waals surface area contributed by atoms with E-state index in [4.69, 9.17) is 22.1 Å². The average Bonchev–Trinajstić information content (AvgIpc) is 2.82. The zero-order chi connectivity index (χ0) is 13.1. The first-order valence-corrected chi connectivity index (χ1v) is 6.21. The second-order valence-corrected chi connectivity index (χ2v) is 4.42. The first-order valence-electron chi connectivity index (χ1n) is 5.83. The topological polar surface area (TPSA) is 63.9 Å². The smallest absolute Gasteiger partial charge is 0.138 e. The van der Waals surface area contributed by atoms with E-state index < -0.39 is 0 Å².